The Hall–Kier alpha value is -1.40. The molecule has 0 spiro atoms. The van der Waals surface area contributed by atoms with Gasteiger partial charge in [-0.1, -0.05) is 20.8 Å². The SMILES string of the molecule is CN(CC1CC(O)C1)c1cc(NN)nc(C(C)(C)C)n1. The number of aliphatic hydroxyl groups is 1. The fraction of sp³-hybridized carbons (Fsp3) is 0.714. The third kappa shape index (κ3) is 3.37. The smallest absolute Gasteiger partial charge is 0.145 e. The lowest BCUT2D eigenvalue weighted by molar-refractivity contribution is 0.0464. The summed E-state index contributed by atoms with van der Waals surface area (Å²) in [5, 5.41) is 9.36. The summed E-state index contributed by atoms with van der Waals surface area (Å²) in [6.45, 7) is 7.12. The molecule has 1 aromatic rings. The molecule has 0 bridgehead atoms. The number of rotatable bonds is 4. The predicted octanol–water partition coefficient (Wildman–Crippen LogP) is 1.27. The first kappa shape index (κ1) is 15.0. The number of aliphatic hydroxyl groups excluding tert-OH is 1. The number of anilines is 2. The summed E-state index contributed by atoms with van der Waals surface area (Å²) < 4.78 is 0. The minimum absolute atomic E-state index is 0.120. The maximum atomic E-state index is 9.36. The van der Waals surface area contributed by atoms with E-state index in [1.54, 1.807) is 0 Å². The minimum Gasteiger partial charge on any atom is -0.393 e. The van der Waals surface area contributed by atoms with Crippen LogP contribution in [0.3, 0.4) is 0 Å². The molecule has 6 heteroatoms. The van der Waals surface area contributed by atoms with Gasteiger partial charge in [0.15, 0.2) is 0 Å². The van der Waals surface area contributed by atoms with Crippen molar-refractivity contribution < 1.29 is 5.11 Å². The van der Waals surface area contributed by atoms with Gasteiger partial charge in [-0.15, -0.1) is 0 Å². The number of nitrogen functional groups attached to an aromatic ring is 1. The van der Waals surface area contributed by atoms with Gasteiger partial charge >= 0.3 is 0 Å². The summed E-state index contributed by atoms with van der Waals surface area (Å²) in [6.07, 6.45) is 1.64. The molecule has 20 heavy (non-hydrogen) atoms. The Kier molecular flexibility index (Phi) is 4.15. The number of hydrogen-bond donors (Lipinski definition) is 3. The zero-order valence-corrected chi connectivity index (χ0v) is 12.7. The van der Waals surface area contributed by atoms with Gasteiger partial charge in [-0.2, -0.15) is 0 Å². The maximum absolute atomic E-state index is 9.36. The van der Waals surface area contributed by atoms with E-state index in [0.717, 1.165) is 31.0 Å². The number of nitrogens with one attached hydrogen (secondary N) is 1. The summed E-state index contributed by atoms with van der Waals surface area (Å²) in [7, 11) is 2.01. The molecular weight excluding hydrogens is 254 g/mol. The molecule has 112 valence electrons. The van der Waals surface area contributed by atoms with Crippen LogP contribution in [0.4, 0.5) is 11.6 Å². The highest BCUT2D eigenvalue weighted by Gasteiger charge is 2.28. The van der Waals surface area contributed by atoms with Crippen molar-refractivity contribution in [2.45, 2.75) is 45.1 Å². The van der Waals surface area contributed by atoms with E-state index in [9.17, 15) is 5.11 Å². The van der Waals surface area contributed by atoms with E-state index in [1.165, 1.54) is 0 Å². The average molecular weight is 279 g/mol. The molecule has 0 radical (unpaired) electrons. The summed E-state index contributed by atoms with van der Waals surface area (Å²) in [6, 6.07) is 1.85. The highest BCUT2D eigenvalue weighted by atomic mass is 16.3. The van der Waals surface area contributed by atoms with Crippen molar-refractivity contribution >= 4 is 11.6 Å². The van der Waals surface area contributed by atoms with Crippen LogP contribution < -0.4 is 16.2 Å². The largest absolute Gasteiger partial charge is 0.393 e. The summed E-state index contributed by atoms with van der Waals surface area (Å²) in [5.74, 6) is 8.29. The van der Waals surface area contributed by atoms with Crippen LogP contribution in [0.5, 0.6) is 0 Å². The fourth-order valence-electron chi connectivity index (χ4n) is 2.37. The number of aromatic nitrogens is 2. The lowest BCUT2D eigenvalue weighted by Gasteiger charge is -2.35. The fourth-order valence-corrected chi connectivity index (χ4v) is 2.37. The molecular formula is C14H25N5O. The Balaban J connectivity index is 2.17. The topological polar surface area (TPSA) is 87.3 Å². The summed E-state index contributed by atoms with van der Waals surface area (Å²) >= 11 is 0. The first-order valence-electron chi connectivity index (χ1n) is 7.05. The normalized spacial score (nSPS) is 22.3. The van der Waals surface area contributed by atoms with E-state index in [1.807, 2.05) is 13.1 Å². The second kappa shape index (κ2) is 5.54. The molecule has 0 aliphatic heterocycles. The highest BCUT2D eigenvalue weighted by Crippen LogP contribution is 2.29. The third-order valence-corrected chi connectivity index (χ3v) is 3.67. The number of hydrazine groups is 1. The van der Waals surface area contributed by atoms with Crippen LogP contribution in [0.25, 0.3) is 0 Å². The summed E-state index contributed by atoms with van der Waals surface area (Å²) in [5.41, 5.74) is 2.48. The van der Waals surface area contributed by atoms with E-state index in [-0.39, 0.29) is 11.5 Å². The Morgan fingerprint density at radius 3 is 2.55 bits per heavy atom. The Labute approximate surface area is 120 Å². The Morgan fingerprint density at radius 2 is 2.05 bits per heavy atom. The van der Waals surface area contributed by atoms with Gasteiger partial charge in [-0.25, -0.2) is 15.8 Å². The molecule has 4 N–H and O–H groups in total. The lowest BCUT2D eigenvalue weighted by atomic mass is 9.82. The molecule has 1 fully saturated rings. The van der Waals surface area contributed by atoms with Crippen molar-refractivity contribution in [3.8, 4) is 0 Å². The molecule has 1 saturated carbocycles. The average Bonchev–Trinajstić information content (AvgIpc) is 2.35. The summed E-state index contributed by atoms with van der Waals surface area (Å²) in [4.78, 5) is 11.2. The van der Waals surface area contributed by atoms with Gasteiger partial charge in [0.25, 0.3) is 0 Å². The minimum atomic E-state index is -0.130. The van der Waals surface area contributed by atoms with Crippen LogP contribution in [0.15, 0.2) is 6.07 Å². The Morgan fingerprint density at radius 1 is 1.40 bits per heavy atom. The van der Waals surface area contributed by atoms with Crippen molar-refractivity contribution in [3.63, 3.8) is 0 Å². The van der Waals surface area contributed by atoms with Gasteiger partial charge in [0.05, 0.1) is 6.10 Å². The van der Waals surface area contributed by atoms with Crippen molar-refractivity contribution in [2.75, 3.05) is 23.9 Å². The molecule has 1 aliphatic rings. The van der Waals surface area contributed by atoms with E-state index in [4.69, 9.17) is 5.84 Å². The van der Waals surface area contributed by atoms with Crippen LogP contribution in [0.2, 0.25) is 0 Å². The van der Waals surface area contributed by atoms with Crippen molar-refractivity contribution in [1.29, 1.82) is 0 Å². The van der Waals surface area contributed by atoms with Crippen LogP contribution in [-0.4, -0.2) is 34.8 Å². The standard InChI is InChI=1S/C14H25N5O/c1-14(2,3)13-16-11(18-15)7-12(17-13)19(4)8-9-5-10(20)6-9/h7,9-10,20H,5-6,8,15H2,1-4H3,(H,16,17,18). The van der Waals surface area contributed by atoms with Crippen LogP contribution in [-0.2, 0) is 5.41 Å². The quantitative estimate of drug-likeness (QED) is 0.568. The third-order valence-electron chi connectivity index (χ3n) is 3.67. The molecule has 0 aromatic carbocycles. The molecule has 6 nitrogen and oxygen atoms in total. The lowest BCUT2D eigenvalue weighted by Crippen LogP contribution is -2.37. The first-order chi connectivity index (χ1) is 9.29. The van der Waals surface area contributed by atoms with Gasteiger partial charge in [-0.05, 0) is 18.8 Å². The van der Waals surface area contributed by atoms with Crippen molar-refractivity contribution in [1.82, 2.24) is 9.97 Å². The molecule has 0 unspecified atom stereocenters. The highest BCUT2D eigenvalue weighted by molar-refractivity contribution is 5.49. The van der Waals surface area contributed by atoms with Gasteiger partial charge in [0.2, 0.25) is 0 Å². The molecule has 0 atom stereocenters. The number of nitrogens with two attached hydrogens (primary N) is 1. The monoisotopic (exact) mass is 279 g/mol. The first-order valence-corrected chi connectivity index (χ1v) is 7.05. The number of nitrogens with zero attached hydrogens (tertiary/aromatic N) is 3. The van der Waals surface area contributed by atoms with Gasteiger partial charge in [0.1, 0.15) is 17.5 Å². The van der Waals surface area contributed by atoms with Crippen LogP contribution in [0.1, 0.15) is 39.4 Å². The van der Waals surface area contributed by atoms with E-state index in [2.05, 4.69) is 41.1 Å². The molecule has 2 rings (SSSR count). The van der Waals surface area contributed by atoms with E-state index < -0.39 is 0 Å². The predicted molar refractivity (Wildman–Crippen MR) is 80.5 cm³/mol. The van der Waals surface area contributed by atoms with Gasteiger partial charge in [0, 0.05) is 25.1 Å². The molecule has 0 saturated heterocycles. The van der Waals surface area contributed by atoms with E-state index >= 15 is 0 Å². The van der Waals surface area contributed by atoms with Gasteiger partial charge < -0.3 is 15.4 Å². The van der Waals surface area contributed by atoms with Crippen molar-refractivity contribution in [2.24, 2.45) is 11.8 Å². The zero-order chi connectivity index (χ0) is 14.9. The molecule has 1 heterocycles. The molecule has 1 aromatic heterocycles. The molecule has 0 amide bonds. The van der Waals surface area contributed by atoms with Gasteiger partial charge in [-0.3, -0.25) is 0 Å². The Bertz CT molecular complexity index is 465. The second-order valence-corrected chi connectivity index (χ2v) is 6.70. The number of hydrogen-bond acceptors (Lipinski definition) is 6. The zero-order valence-electron chi connectivity index (χ0n) is 12.7. The second-order valence-electron chi connectivity index (χ2n) is 6.70. The maximum Gasteiger partial charge on any atom is 0.145 e. The van der Waals surface area contributed by atoms with Crippen molar-refractivity contribution in [3.05, 3.63) is 11.9 Å². The molecule has 1 aliphatic carbocycles. The van der Waals surface area contributed by atoms with Crippen LogP contribution >= 0.6 is 0 Å². The van der Waals surface area contributed by atoms with E-state index in [0.29, 0.717) is 11.7 Å². The van der Waals surface area contributed by atoms with Crippen LogP contribution in [0, 0.1) is 5.92 Å².